The van der Waals surface area contributed by atoms with Gasteiger partial charge >= 0.3 is 151 Å². The molecule has 0 amide bonds. The summed E-state index contributed by atoms with van der Waals surface area (Å²) in [4.78, 5) is 2.67. The minimum absolute atomic E-state index is 0.330. The van der Waals surface area contributed by atoms with E-state index in [1.165, 1.54) is 58.0 Å². The number of hydrogen-bond acceptors (Lipinski definition) is 1. The molecule has 0 atom stereocenters. The van der Waals surface area contributed by atoms with Crippen molar-refractivity contribution in [3.05, 3.63) is 9.67 Å². The van der Waals surface area contributed by atoms with Crippen molar-refractivity contribution in [2.45, 2.75) is 105 Å². The van der Waals surface area contributed by atoms with Crippen LogP contribution in [0.3, 0.4) is 0 Å². The van der Waals surface area contributed by atoms with E-state index < -0.39 is 18.4 Å². The predicted octanol–water partition coefficient (Wildman–Crippen LogP) is 6.81. The van der Waals surface area contributed by atoms with Gasteiger partial charge in [0.2, 0.25) is 0 Å². The summed E-state index contributed by atoms with van der Waals surface area (Å²) >= 11 is -2.10. The van der Waals surface area contributed by atoms with Gasteiger partial charge in [0.05, 0.1) is 0 Å². The van der Waals surface area contributed by atoms with Gasteiger partial charge in [0, 0.05) is 0 Å². The number of unbranched alkanes of at least 4 members (excludes halogenated alkanes) is 3. The fourth-order valence-corrected chi connectivity index (χ4v) is 21.2. The molecular weight excluding hydrogens is 385 g/mol. The van der Waals surface area contributed by atoms with Crippen LogP contribution >= 0.6 is 0 Å². The predicted molar refractivity (Wildman–Crippen MR) is 109 cm³/mol. The van der Waals surface area contributed by atoms with Gasteiger partial charge in [-0.25, -0.2) is 0 Å². The fourth-order valence-electron chi connectivity index (χ4n) is 4.16. The molecule has 0 aromatic carbocycles. The molecule has 0 aliphatic carbocycles. The molecule has 23 heavy (non-hydrogen) atoms. The summed E-state index contributed by atoms with van der Waals surface area (Å²) in [5.41, 5.74) is 0.330. The van der Waals surface area contributed by atoms with Gasteiger partial charge < -0.3 is 0 Å². The molecule has 136 valence electrons. The van der Waals surface area contributed by atoms with E-state index in [1.54, 1.807) is 13.3 Å². The minimum atomic E-state index is -2.10. The third-order valence-corrected chi connectivity index (χ3v) is 22.3. The molecule has 0 unspecified atom stereocenters. The summed E-state index contributed by atoms with van der Waals surface area (Å²) in [6.45, 7) is 16.8. The molecule has 1 nitrogen and oxygen atoms in total. The van der Waals surface area contributed by atoms with Gasteiger partial charge in [-0.3, -0.25) is 0 Å². The summed E-state index contributed by atoms with van der Waals surface area (Å²) in [6.07, 6.45) is 12.7. The topological polar surface area (TPSA) is 3.24 Å². The van der Waals surface area contributed by atoms with E-state index in [9.17, 15) is 0 Å². The Bertz CT molecular complexity index is 332. The molecule has 1 aliphatic rings. The summed E-state index contributed by atoms with van der Waals surface area (Å²) < 4.78 is 6.92. The van der Waals surface area contributed by atoms with Crippen LogP contribution in [-0.2, 0) is 0 Å². The monoisotopic (exact) mass is 429 g/mol. The molecule has 0 bridgehead atoms. The van der Waals surface area contributed by atoms with Crippen molar-refractivity contribution in [2.24, 2.45) is 0 Å². The molecule has 0 N–H and O–H groups in total. The molecule has 0 spiro atoms. The van der Waals surface area contributed by atoms with Crippen LogP contribution in [0, 0.1) is 0 Å². The molecule has 0 aromatic rings. The molecule has 0 radical (unpaired) electrons. The van der Waals surface area contributed by atoms with Crippen molar-refractivity contribution in [3.63, 3.8) is 0 Å². The van der Waals surface area contributed by atoms with E-state index in [-0.39, 0.29) is 0 Å². The standard InChI is InChI=1S/C9H16N.3C4H9.Sn/c1-9(2,3)10-7-5-4-6-8-10;3*1-3-4-2;/h5H,6-8H2,1-3H3;3*1,3-4H2,2H3;. The van der Waals surface area contributed by atoms with Crippen LogP contribution in [0.15, 0.2) is 9.67 Å². The molecule has 1 rings (SSSR count). The Labute approximate surface area is 151 Å². The third kappa shape index (κ3) is 6.72. The van der Waals surface area contributed by atoms with Gasteiger partial charge in [0.1, 0.15) is 0 Å². The normalized spacial score (nSPS) is 17.4. The zero-order chi connectivity index (χ0) is 17.3. The molecule has 0 saturated carbocycles. The zero-order valence-electron chi connectivity index (χ0n) is 17.0. The van der Waals surface area contributed by atoms with E-state index in [0.29, 0.717) is 5.54 Å². The van der Waals surface area contributed by atoms with E-state index in [1.807, 2.05) is 3.59 Å². The van der Waals surface area contributed by atoms with Crippen LogP contribution in [-0.4, -0.2) is 41.9 Å². The average Bonchev–Trinajstić information content (AvgIpc) is 2.54. The summed E-state index contributed by atoms with van der Waals surface area (Å²) in [5.74, 6) is 0. The van der Waals surface area contributed by atoms with Gasteiger partial charge in [-0.1, -0.05) is 0 Å². The van der Waals surface area contributed by atoms with Gasteiger partial charge in [0.25, 0.3) is 0 Å². The quantitative estimate of drug-likeness (QED) is 0.346. The Morgan fingerprint density at radius 2 is 1.39 bits per heavy atom. The van der Waals surface area contributed by atoms with Crippen LogP contribution in [0.2, 0.25) is 13.3 Å². The van der Waals surface area contributed by atoms with Gasteiger partial charge in [-0.15, -0.1) is 0 Å². The second kappa shape index (κ2) is 10.5. The van der Waals surface area contributed by atoms with E-state index in [2.05, 4.69) is 52.5 Å². The Hall–Kier alpha value is 0.499. The molecule has 2 heteroatoms. The first kappa shape index (κ1) is 21.5. The van der Waals surface area contributed by atoms with Crippen molar-refractivity contribution < 1.29 is 0 Å². The Morgan fingerprint density at radius 3 is 1.70 bits per heavy atom. The van der Waals surface area contributed by atoms with Crippen LogP contribution in [0.25, 0.3) is 0 Å². The number of nitrogens with zero attached hydrogens (tertiary/aromatic N) is 1. The molecule has 0 aromatic heterocycles. The molecule has 1 heterocycles. The number of hydrogen-bond donors (Lipinski definition) is 0. The van der Waals surface area contributed by atoms with Crippen LogP contribution in [0.5, 0.6) is 0 Å². The Kier molecular flexibility index (Phi) is 9.82. The van der Waals surface area contributed by atoms with E-state index >= 15 is 0 Å². The summed E-state index contributed by atoms with van der Waals surface area (Å²) in [7, 11) is 0. The Balaban J connectivity index is 2.94. The van der Waals surface area contributed by atoms with Crippen LogP contribution < -0.4 is 0 Å². The van der Waals surface area contributed by atoms with Crippen LogP contribution in [0.1, 0.15) is 86.5 Å². The summed E-state index contributed by atoms with van der Waals surface area (Å²) in [5, 5.41) is 0. The van der Waals surface area contributed by atoms with Crippen LogP contribution in [0.4, 0.5) is 0 Å². The number of rotatable bonds is 10. The van der Waals surface area contributed by atoms with Gasteiger partial charge in [-0.2, -0.15) is 0 Å². The van der Waals surface area contributed by atoms with Crippen molar-refractivity contribution in [1.29, 1.82) is 0 Å². The zero-order valence-corrected chi connectivity index (χ0v) is 19.9. The van der Waals surface area contributed by atoms with Crippen molar-refractivity contribution >= 4 is 18.4 Å². The van der Waals surface area contributed by atoms with Crippen molar-refractivity contribution in [3.8, 4) is 0 Å². The fraction of sp³-hybridized carbons (Fsp3) is 0.905. The molecule has 1 aliphatic heterocycles. The van der Waals surface area contributed by atoms with E-state index in [4.69, 9.17) is 0 Å². The second-order valence-corrected chi connectivity index (χ2v) is 22.1. The maximum absolute atomic E-state index is 2.71. The first-order valence-electron chi connectivity index (χ1n) is 10.3. The van der Waals surface area contributed by atoms with E-state index in [0.717, 1.165) is 0 Å². The second-order valence-electron chi connectivity index (χ2n) is 8.69. The SMILES string of the molecule is CCC[CH2][Sn]([CH2]CCC)([CH2]CCC)[C]1=CCN(C(C)(C)C)CC1. The Morgan fingerprint density at radius 1 is 0.913 bits per heavy atom. The maximum atomic E-state index is 2.71. The summed E-state index contributed by atoms with van der Waals surface area (Å²) in [6, 6.07) is 0. The first-order chi connectivity index (χ1) is 10.9. The van der Waals surface area contributed by atoms with Gasteiger partial charge in [-0.05, 0) is 0 Å². The third-order valence-electron chi connectivity index (χ3n) is 5.87. The van der Waals surface area contributed by atoms with Crippen molar-refractivity contribution in [2.75, 3.05) is 13.1 Å². The first-order valence-corrected chi connectivity index (χ1v) is 17.8. The van der Waals surface area contributed by atoms with Crippen molar-refractivity contribution in [1.82, 2.24) is 4.90 Å². The average molecular weight is 428 g/mol. The molecule has 0 fully saturated rings. The van der Waals surface area contributed by atoms with Gasteiger partial charge in [0.15, 0.2) is 0 Å². The molecular formula is C21H43NSn. The molecule has 0 saturated heterocycles.